The lowest BCUT2D eigenvalue weighted by Gasteiger charge is -2.37. The lowest BCUT2D eigenvalue weighted by molar-refractivity contribution is 0.372. The van der Waals surface area contributed by atoms with Crippen molar-refractivity contribution in [3.63, 3.8) is 0 Å². The summed E-state index contributed by atoms with van der Waals surface area (Å²) in [6.07, 6.45) is 1.87. The van der Waals surface area contributed by atoms with Crippen LogP contribution in [0.4, 0.5) is 5.69 Å². The van der Waals surface area contributed by atoms with Crippen LogP contribution < -0.4 is 14.9 Å². The number of halogens is 2. The predicted octanol–water partition coefficient (Wildman–Crippen LogP) is 1.59. The maximum atomic E-state index is 11.0. The minimum atomic E-state index is -3.12. The van der Waals surface area contributed by atoms with E-state index in [4.69, 9.17) is 11.6 Å². The molecule has 26 heavy (non-hydrogen) atoms. The van der Waals surface area contributed by atoms with E-state index in [9.17, 15) is 8.42 Å². The number of hydrogen-bond acceptors (Lipinski definition) is 4. The summed E-state index contributed by atoms with van der Waals surface area (Å²) >= 11 is 6.07. The average Bonchev–Trinajstić information content (AvgIpc) is 2.57. The zero-order valence-corrected chi connectivity index (χ0v) is 19.0. The standard InChI is InChI=1S/C16H26ClN5O2S.HI/c1-18-16(19-7-4-8-20-25(2,23)24)22-11-9-21(10-12-22)15-6-3-5-14(17)13-15;/h3,5-6,13,20H,4,7-12H2,1-2H3,(H,18,19);1H. The maximum Gasteiger partial charge on any atom is 0.208 e. The predicted molar refractivity (Wildman–Crippen MR) is 119 cm³/mol. The summed E-state index contributed by atoms with van der Waals surface area (Å²) in [7, 11) is -1.36. The summed E-state index contributed by atoms with van der Waals surface area (Å²) in [4.78, 5) is 8.85. The Morgan fingerprint density at radius 1 is 1.23 bits per heavy atom. The Balaban J connectivity index is 0.00000338. The van der Waals surface area contributed by atoms with Gasteiger partial charge in [0.1, 0.15) is 0 Å². The Labute approximate surface area is 178 Å². The molecule has 0 amide bonds. The summed E-state index contributed by atoms with van der Waals surface area (Å²) in [6, 6.07) is 7.91. The highest BCUT2D eigenvalue weighted by molar-refractivity contribution is 14.0. The van der Waals surface area contributed by atoms with Crippen LogP contribution in [0.3, 0.4) is 0 Å². The van der Waals surface area contributed by atoms with Crippen molar-refractivity contribution in [2.75, 3.05) is 57.5 Å². The first-order valence-corrected chi connectivity index (χ1v) is 10.6. The van der Waals surface area contributed by atoms with Crippen LogP contribution in [0.2, 0.25) is 5.02 Å². The van der Waals surface area contributed by atoms with Gasteiger partial charge in [0.25, 0.3) is 0 Å². The van der Waals surface area contributed by atoms with Crippen LogP contribution >= 0.6 is 35.6 Å². The van der Waals surface area contributed by atoms with E-state index >= 15 is 0 Å². The molecule has 1 saturated heterocycles. The summed E-state index contributed by atoms with van der Waals surface area (Å²) in [5.41, 5.74) is 1.14. The van der Waals surface area contributed by atoms with Crippen molar-refractivity contribution >= 4 is 57.2 Å². The molecule has 0 aromatic heterocycles. The average molecular weight is 516 g/mol. The van der Waals surface area contributed by atoms with Crippen LogP contribution in [0.5, 0.6) is 0 Å². The summed E-state index contributed by atoms with van der Waals surface area (Å²) < 4.78 is 24.5. The van der Waals surface area contributed by atoms with Crippen molar-refractivity contribution in [1.29, 1.82) is 0 Å². The van der Waals surface area contributed by atoms with Gasteiger partial charge in [-0.15, -0.1) is 24.0 Å². The van der Waals surface area contributed by atoms with Crippen LogP contribution in [-0.2, 0) is 10.0 Å². The SMILES string of the molecule is CN=C(NCCCNS(C)(=O)=O)N1CCN(c2cccc(Cl)c2)CC1.I. The quantitative estimate of drug-likeness (QED) is 0.260. The summed E-state index contributed by atoms with van der Waals surface area (Å²) in [5, 5.41) is 4.04. The molecule has 1 heterocycles. The fourth-order valence-corrected chi connectivity index (χ4v) is 3.43. The lowest BCUT2D eigenvalue weighted by atomic mass is 10.2. The maximum absolute atomic E-state index is 11.0. The van der Waals surface area contributed by atoms with Gasteiger partial charge < -0.3 is 15.1 Å². The van der Waals surface area contributed by atoms with Crippen molar-refractivity contribution in [2.24, 2.45) is 4.99 Å². The molecule has 1 aliphatic heterocycles. The van der Waals surface area contributed by atoms with Crippen LogP contribution in [-0.4, -0.2) is 71.8 Å². The molecule has 0 atom stereocenters. The van der Waals surface area contributed by atoms with Crippen molar-refractivity contribution in [1.82, 2.24) is 14.9 Å². The molecule has 148 valence electrons. The molecule has 2 N–H and O–H groups in total. The van der Waals surface area contributed by atoms with Gasteiger partial charge in [-0.1, -0.05) is 17.7 Å². The molecule has 2 rings (SSSR count). The van der Waals surface area contributed by atoms with Gasteiger partial charge in [0.2, 0.25) is 10.0 Å². The Hall–Kier alpha value is -0.780. The number of nitrogens with zero attached hydrogens (tertiary/aromatic N) is 3. The molecule has 10 heteroatoms. The fourth-order valence-electron chi connectivity index (χ4n) is 2.73. The van der Waals surface area contributed by atoms with Crippen molar-refractivity contribution < 1.29 is 8.42 Å². The smallest absolute Gasteiger partial charge is 0.208 e. The number of aliphatic imine (C=N–C) groups is 1. The summed E-state index contributed by atoms with van der Waals surface area (Å²) in [5.74, 6) is 0.852. The minimum Gasteiger partial charge on any atom is -0.368 e. The van der Waals surface area contributed by atoms with Crippen LogP contribution in [0.25, 0.3) is 0 Å². The molecule has 0 bridgehead atoms. The number of guanidine groups is 1. The number of piperazine rings is 1. The van der Waals surface area contributed by atoms with Gasteiger partial charge in [-0.05, 0) is 24.6 Å². The van der Waals surface area contributed by atoms with E-state index in [1.165, 1.54) is 6.26 Å². The zero-order chi connectivity index (χ0) is 18.3. The van der Waals surface area contributed by atoms with E-state index in [0.717, 1.165) is 42.8 Å². The zero-order valence-electron chi connectivity index (χ0n) is 15.1. The highest BCUT2D eigenvalue weighted by Gasteiger charge is 2.19. The van der Waals surface area contributed by atoms with Crippen LogP contribution in [0, 0.1) is 0 Å². The second-order valence-corrected chi connectivity index (χ2v) is 8.22. The lowest BCUT2D eigenvalue weighted by Crippen LogP contribution is -2.52. The molecule has 1 aromatic carbocycles. The molecular formula is C16H27ClIN5O2S. The van der Waals surface area contributed by atoms with Crippen molar-refractivity contribution in [3.8, 4) is 0 Å². The van der Waals surface area contributed by atoms with E-state index in [2.05, 4.69) is 30.9 Å². The molecule has 7 nitrogen and oxygen atoms in total. The largest absolute Gasteiger partial charge is 0.368 e. The molecule has 1 aromatic rings. The number of nitrogens with one attached hydrogen (secondary N) is 2. The number of hydrogen-bond donors (Lipinski definition) is 2. The molecule has 0 spiro atoms. The van der Waals surface area contributed by atoms with Gasteiger partial charge in [0.15, 0.2) is 5.96 Å². The Kier molecular flexibility index (Phi) is 9.98. The molecule has 0 saturated carbocycles. The van der Waals surface area contributed by atoms with Gasteiger partial charge >= 0.3 is 0 Å². The molecule has 1 fully saturated rings. The van der Waals surface area contributed by atoms with E-state index in [0.29, 0.717) is 19.5 Å². The number of rotatable bonds is 6. The number of benzene rings is 1. The van der Waals surface area contributed by atoms with Gasteiger partial charge in [-0.2, -0.15) is 0 Å². The second-order valence-electron chi connectivity index (χ2n) is 5.95. The fraction of sp³-hybridized carbons (Fsp3) is 0.562. The Morgan fingerprint density at radius 3 is 2.50 bits per heavy atom. The topological polar surface area (TPSA) is 77.0 Å². The Morgan fingerprint density at radius 2 is 1.92 bits per heavy atom. The summed E-state index contributed by atoms with van der Waals surface area (Å²) in [6.45, 7) is 4.63. The molecule has 0 radical (unpaired) electrons. The minimum absolute atomic E-state index is 0. The van der Waals surface area contributed by atoms with Crippen LogP contribution in [0.15, 0.2) is 29.3 Å². The van der Waals surface area contributed by atoms with Gasteiger partial charge in [-0.3, -0.25) is 4.99 Å². The molecule has 0 aliphatic carbocycles. The third kappa shape index (κ3) is 7.85. The van der Waals surface area contributed by atoms with Gasteiger partial charge in [0, 0.05) is 57.0 Å². The first kappa shape index (κ1) is 23.3. The normalized spacial score (nSPS) is 15.6. The Bertz CT molecular complexity index is 694. The first-order valence-electron chi connectivity index (χ1n) is 8.30. The first-order chi connectivity index (χ1) is 11.9. The van der Waals surface area contributed by atoms with Crippen molar-refractivity contribution in [2.45, 2.75) is 6.42 Å². The number of anilines is 1. The van der Waals surface area contributed by atoms with Crippen LogP contribution in [0.1, 0.15) is 6.42 Å². The van der Waals surface area contributed by atoms with E-state index < -0.39 is 10.0 Å². The van der Waals surface area contributed by atoms with Crippen molar-refractivity contribution in [3.05, 3.63) is 29.3 Å². The highest BCUT2D eigenvalue weighted by atomic mass is 127. The second kappa shape index (κ2) is 11.2. The van der Waals surface area contributed by atoms with E-state index in [-0.39, 0.29) is 24.0 Å². The number of sulfonamides is 1. The molecule has 0 unspecified atom stereocenters. The molecule has 1 aliphatic rings. The van der Waals surface area contributed by atoms with Gasteiger partial charge in [0.05, 0.1) is 6.26 Å². The highest BCUT2D eigenvalue weighted by Crippen LogP contribution is 2.20. The van der Waals surface area contributed by atoms with E-state index in [1.54, 1.807) is 7.05 Å². The van der Waals surface area contributed by atoms with Gasteiger partial charge in [-0.25, -0.2) is 13.1 Å². The van der Waals surface area contributed by atoms with E-state index in [1.807, 2.05) is 18.2 Å². The third-order valence-electron chi connectivity index (χ3n) is 3.97. The monoisotopic (exact) mass is 515 g/mol. The third-order valence-corrected chi connectivity index (χ3v) is 4.93. The molecular weight excluding hydrogens is 489 g/mol.